The van der Waals surface area contributed by atoms with Crippen LogP contribution in [-0.2, 0) is 0 Å². The van der Waals surface area contributed by atoms with Gasteiger partial charge < -0.3 is 10.6 Å². The lowest BCUT2D eigenvalue weighted by Gasteiger charge is -2.37. The molecule has 4 nitrogen and oxygen atoms in total. The molecule has 3 N–H and O–H groups in total. The van der Waals surface area contributed by atoms with Crippen molar-refractivity contribution in [1.29, 1.82) is 5.41 Å². The third-order valence-corrected chi connectivity index (χ3v) is 4.35. The summed E-state index contributed by atoms with van der Waals surface area (Å²) in [5.74, 6) is 0.448. The van der Waals surface area contributed by atoms with Crippen LogP contribution >= 0.6 is 0 Å². The van der Waals surface area contributed by atoms with Crippen LogP contribution < -0.4 is 10.6 Å². The Morgan fingerprint density at radius 1 is 1.25 bits per heavy atom. The summed E-state index contributed by atoms with van der Waals surface area (Å²) in [6, 6.07) is 6.53. The summed E-state index contributed by atoms with van der Waals surface area (Å²) >= 11 is 0. The van der Waals surface area contributed by atoms with E-state index in [0.29, 0.717) is 5.84 Å². The van der Waals surface area contributed by atoms with E-state index in [-0.39, 0.29) is 5.92 Å². The average Bonchev–Trinajstić information content (AvgIpc) is 2.43. The smallest absolute Gasteiger partial charge is 0.0947 e. The summed E-state index contributed by atoms with van der Waals surface area (Å²) in [6.07, 6.45) is 0. The van der Waals surface area contributed by atoms with Crippen molar-refractivity contribution < 1.29 is 0 Å². The molecule has 0 saturated carbocycles. The summed E-state index contributed by atoms with van der Waals surface area (Å²) in [5, 5.41) is 7.49. The zero-order chi connectivity index (χ0) is 14.7. The first-order valence-electron chi connectivity index (χ1n) is 7.36. The highest BCUT2D eigenvalue weighted by molar-refractivity contribution is 5.79. The number of anilines is 1. The molecule has 2 rings (SSSR count). The Labute approximate surface area is 122 Å². The third-order valence-electron chi connectivity index (χ3n) is 4.35. The standard InChI is InChI=1S/C16H26N4/c1-12-5-4-6-15(14(12)3)20-9-7-19(8-10-20)11-13(2)16(17)18/h4-6,13H,7-11H2,1-3H3,(H3,17,18). The molecule has 1 unspecified atom stereocenters. The van der Waals surface area contributed by atoms with Gasteiger partial charge in [0, 0.05) is 44.3 Å². The van der Waals surface area contributed by atoms with Crippen LogP contribution in [0, 0.1) is 25.2 Å². The minimum absolute atomic E-state index is 0.155. The number of amidine groups is 1. The van der Waals surface area contributed by atoms with E-state index in [1.165, 1.54) is 16.8 Å². The Hall–Kier alpha value is -1.55. The first kappa shape index (κ1) is 14.9. The first-order valence-corrected chi connectivity index (χ1v) is 7.36. The van der Waals surface area contributed by atoms with Crippen LogP contribution in [0.25, 0.3) is 0 Å². The minimum Gasteiger partial charge on any atom is -0.387 e. The molecule has 110 valence electrons. The minimum atomic E-state index is 0.155. The molecule has 0 spiro atoms. The Balaban J connectivity index is 1.94. The Morgan fingerprint density at radius 2 is 1.90 bits per heavy atom. The van der Waals surface area contributed by atoms with Crippen LogP contribution in [0.15, 0.2) is 18.2 Å². The van der Waals surface area contributed by atoms with E-state index in [9.17, 15) is 0 Å². The fourth-order valence-corrected chi connectivity index (χ4v) is 2.74. The van der Waals surface area contributed by atoms with E-state index in [1.807, 2.05) is 6.92 Å². The number of piperazine rings is 1. The lowest BCUT2D eigenvalue weighted by Crippen LogP contribution is -2.48. The van der Waals surface area contributed by atoms with Gasteiger partial charge >= 0.3 is 0 Å². The van der Waals surface area contributed by atoms with Crippen molar-refractivity contribution in [1.82, 2.24) is 4.90 Å². The summed E-state index contributed by atoms with van der Waals surface area (Å²) < 4.78 is 0. The maximum Gasteiger partial charge on any atom is 0.0947 e. The summed E-state index contributed by atoms with van der Waals surface area (Å²) in [7, 11) is 0. The van der Waals surface area contributed by atoms with Gasteiger partial charge in [-0.2, -0.15) is 0 Å². The summed E-state index contributed by atoms with van der Waals surface area (Å²) in [5.41, 5.74) is 9.66. The molecule has 0 aromatic heterocycles. The molecule has 1 saturated heterocycles. The molecule has 20 heavy (non-hydrogen) atoms. The number of benzene rings is 1. The van der Waals surface area contributed by atoms with Crippen molar-refractivity contribution in [3.63, 3.8) is 0 Å². The largest absolute Gasteiger partial charge is 0.387 e. The van der Waals surface area contributed by atoms with Gasteiger partial charge in [0.1, 0.15) is 0 Å². The highest BCUT2D eigenvalue weighted by Gasteiger charge is 2.20. The van der Waals surface area contributed by atoms with E-state index < -0.39 is 0 Å². The summed E-state index contributed by atoms with van der Waals surface area (Å²) in [4.78, 5) is 4.88. The SMILES string of the molecule is Cc1cccc(N2CCN(CC(C)C(=N)N)CC2)c1C. The maximum atomic E-state index is 7.49. The van der Waals surface area contributed by atoms with Crippen molar-refractivity contribution in [3.05, 3.63) is 29.3 Å². The first-order chi connectivity index (χ1) is 9.49. The molecule has 1 heterocycles. The van der Waals surface area contributed by atoms with Crippen LogP contribution in [0.2, 0.25) is 0 Å². The highest BCUT2D eigenvalue weighted by atomic mass is 15.3. The van der Waals surface area contributed by atoms with Gasteiger partial charge in [-0.15, -0.1) is 0 Å². The molecule has 1 fully saturated rings. The second-order valence-electron chi connectivity index (χ2n) is 5.86. The number of hydrogen-bond donors (Lipinski definition) is 2. The molecular weight excluding hydrogens is 248 g/mol. The second kappa shape index (κ2) is 6.27. The molecular formula is C16H26N4. The van der Waals surface area contributed by atoms with E-state index >= 15 is 0 Å². The van der Waals surface area contributed by atoms with Gasteiger partial charge in [-0.05, 0) is 31.0 Å². The lowest BCUT2D eigenvalue weighted by atomic mass is 10.1. The Morgan fingerprint density at radius 3 is 2.50 bits per heavy atom. The average molecular weight is 274 g/mol. The molecule has 0 bridgehead atoms. The van der Waals surface area contributed by atoms with E-state index in [4.69, 9.17) is 11.1 Å². The molecule has 1 aliphatic heterocycles. The predicted octanol–water partition coefficient (Wildman–Crippen LogP) is 2.00. The van der Waals surface area contributed by atoms with Crippen LogP contribution in [-0.4, -0.2) is 43.5 Å². The van der Waals surface area contributed by atoms with Crippen molar-refractivity contribution in [2.24, 2.45) is 11.7 Å². The van der Waals surface area contributed by atoms with Crippen LogP contribution in [0.5, 0.6) is 0 Å². The Kier molecular flexibility index (Phi) is 4.65. The number of rotatable bonds is 4. The Bertz CT molecular complexity index is 475. The number of nitrogens with two attached hydrogens (primary N) is 1. The van der Waals surface area contributed by atoms with Crippen molar-refractivity contribution >= 4 is 11.5 Å². The van der Waals surface area contributed by atoms with Crippen LogP contribution in [0.1, 0.15) is 18.1 Å². The molecule has 1 aromatic rings. The monoisotopic (exact) mass is 274 g/mol. The predicted molar refractivity (Wildman–Crippen MR) is 85.6 cm³/mol. The number of nitrogens with zero attached hydrogens (tertiary/aromatic N) is 2. The molecule has 4 heteroatoms. The number of hydrogen-bond acceptors (Lipinski definition) is 3. The van der Waals surface area contributed by atoms with Gasteiger partial charge in [0.15, 0.2) is 0 Å². The van der Waals surface area contributed by atoms with Crippen LogP contribution in [0.4, 0.5) is 5.69 Å². The van der Waals surface area contributed by atoms with Gasteiger partial charge in [-0.1, -0.05) is 19.1 Å². The van der Waals surface area contributed by atoms with E-state index in [0.717, 1.165) is 32.7 Å². The lowest BCUT2D eigenvalue weighted by molar-refractivity contribution is 0.243. The second-order valence-corrected chi connectivity index (χ2v) is 5.86. The molecule has 0 radical (unpaired) electrons. The maximum absolute atomic E-state index is 7.49. The molecule has 1 aliphatic rings. The van der Waals surface area contributed by atoms with Gasteiger partial charge in [0.2, 0.25) is 0 Å². The fourth-order valence-electron chi connectivity index (χ4n) is 2.74. The van der Waals surface area contributed by atoms with E-state index in [2.05, 4.69) is 41.8 Å². The van der Waals surface area contributed by atoms with Crippen molar-refractivity contribution in [2.45, 2.75) is 20.8 Å². The van der Waals surface area contributed by atoms with Gasteiger partial charge in [-0.25, -0.2) is 0 Å². The number of nitrogens with one attached hydrogen (secondary N) is 1. The summed E-state index contributed by atoms with van der Waals surface area (Å²) in [6.45, 7) is 11.5. The van der Waals surface area contributed by atoms with Crippen LogP contribution in [0.3, 0.4) is 0 Å². The third kappa shape index (κ3) is 3.31. The highest BCUT2D eigenvalue weighted by Crippen LogP contribution is 2.23. The molecule has 0 amide bonds. The molecule has 1 aromatic carbocycles. The zero-order valence-electron chi connectivity index (χ0n) is 12.8. The zero-order valence-corrected chi connectivity index (χ0v) is 12.8. The topological polar surface area (TPSA) is 56.4 Å². The number of aryl methyl sites for hydroxylation is 1. The fraction of sp³-hybridized carbons (Fsp3) is 0.562. The normalized spacial score (nSPS) is 18.1. The quantitative estimate of drug-likeness (QED) is 0.652. The van der Waals surface area contributed by atoms with Gasteiger partial charge in [0.25, 0.3) is 0 Å². The van der Waals surface area contributed by atoms with E-state index in [1.54, 1.807) is 0 Å². The molecule has 0 aliphatic carbocycles. The molecule has 1 atom stereocenters. The van der Waals surface area contributed by atoms with Crippen molar-refractivity contribution in [2.75, 3.05) is 37.6 Å². The van der Waals surface area contributed by atoms with Crippen molar-refractivity contribution in [3.8, 4) is 0 Å². The van der Waals surface area contributed by atoms with Gasteiger partial charge in [-0.3, -0.25) is 10.3 Å². The van der Waals surface area contributed by atoms with Gasteiger partial charge in [0.05, 0.1) is 5.84 Å².